The molecule has 0 radical (unpaired) electrons. The Hall–Kier alpha value is -1.26. The molecule has 1 saturated carbocycles. The van der Waals surface area contributed by atoms with E-state index >= 15 is 0 Å². The fourth-order valence-electron chi connectivity index (χ4n) is 2.09. The number of carbonyl (C=O) groups is 1. The van der Waals surface area contributed by atoms with Crippen LogP contribution in [0.2, 0.25) is 0 Å². The zero-order chi connectivity index (χ0) is 12.2. The Morgan fingerprint density at radius 1 is 1.62 bits per heavy atom. The zero-order valence-electron chi connectivity index (χ0n) is 9.99. The maximum Gasteiger partial charge on any atom is 0.234 e. The average Bonchev–Trinajstić information content (AvgIpc) is 2.15. The first-order valence-corrected chi connectivity index (χ1v) is 5.85. The summed E-state index contributed by atoms with van der Waals surface area (Å²) < 4.78 is 0. The largest absolute Gasteiger partial charge is 0.409 e. The number of nitrogens with two attached hydrogens (primary N) is 1. The lowest BCUT2D eigenvalue weighted by Gasteiger charge is -2.39. The number of nitrogens with one attached hydrogen (secondary N) is 1. The Bertz CT molecular complexity index is 285. The third kappa shape index (κ3) is 2.28. The topological polar surface area (TPSA) is 87.7 Å². The van der Waals surface area contributed by atoms with Crippen LogP contribution in [0.25, 0.3) is 0 Å². The highest BCUT2D eigenvalue weighted by atomic mass is 16.4. The first-order chi connectivity index (χ1) is 7.56. The van der Waals surface area contributed by atoms with Crippen molar-refractivity contribution in [1.29, 1.82) is 0 Å². The fraction of sp³-hybridized carbons (Fsp3) is 0.818. The van der Waals surface area contributed by atoms with Gasteiger partial charge in [-0.05, 0) is 26.2 Å². The minimum atomic E-state index is -0.753. The van der Waals surface area contributed by atoms with E-state index in [9.17, 15) is 4.79 Å². The zero-order valence-corrected chi connectivity index (χ0v) is 9.99. The van der Waals surface area contributed by atoms with E-state index in [1.165, 1.54) is 0 Å². The van der Waals surface area contributed by atoms with Gasteiger partial charge in [0.2, 0.25) is 5.91 Å². The van der Waals surface area contributed by atoms with Crippen LogP contribution in [0.15, 0.2) is 5.16 Å². The van der Waals surface area contributed by atoms with E-state index in [1.54, 1.807) is 0 Å². The van der Waals surface area contributed by atoms with Gasteiger partial charge in [0.25, 0.3) is 0 Å². The molecule has 0 aromatic rings. The highest BCUT2D eigenvalue weighted by Crippen LogP contribution is 2.41. The lowest BCUT2D eigenvalue weighted by atomic mass is 9.67. The fourth-order valence-corrected chi connectivity index (χ4v) is 2.09. The summed E-state index contributed by atoms with van der Waals surface area (Å²) in [5.41, 5.74) is 4.85. The van der Waals surface area contributed by atoms with Crippen molar-refractivity contribution < 1.29 is 10.0 Å². The third-order valence-corrected chi connectivity index (χ3v) is 3.34. The normalized spacial score (nSPS) is 21.0. The molecule has 1 unspecified atom stereocenters. The second kappa shape index (κ2) is 5.18. The minimum Gasteiger partial charge on any atom is -0.409 e. The number of nitrogens with zero attached hydrogens (tertiary/aromatic N) is 1. The summed E-state index contributed by atoms with van der Waals surface area (Å²) in [6, 6.07) is 0.140. The van der Waals surface area contributed by atoms with Gasteiger partial charge in [-0.25, -0.2) is 0 Å². The molecule has 0 aromatic carbocycles. The average molecular weight is 227 g/mol. The number of amides is 1. The molecular weight excluding hydrogens is 206 g/mol. The monoisotopic (exact) mass is 227 g/mol. The highest BCUT2D eigenvalue weighted by molar-refractivity contribution is 6.07. The van der Waals surface area contributed by atoms with E-state index in [4.69, 9.17) is 10.9 Å². The Morgan fingerprint density at radius 3 is 2.62 bits per heavy atom. The summed E-state index contributed by atoms with van der Waals surface area (Å²) in [6.07, 6.45) is 4.27. The summed E-state index contributed by atoms with van der Waals surface area (Å²) >= 11 is 0. The van der Waals surface area contributed by atoms with Crippen molar-refractivity contribution in [2.75, 3.05) is 0 Å². The van der Waals surface area contributed by atoms with E-state index in [-0.39, 0.29) is 17.8 Å². The van der Waals surface area contributed by atoms with Crippen LogP contribution in [0.4, 0.5) is 0 Å². The lowest BCUT2D eigenvalue weighted by Crippen LogP contribution is -2.55. The Labute approximate surface area is 96.1 Å². The van der Waals surface area contributed by atoms with Crippen LogP contribution < -0.4 is 11.1 Å². The van der Waals surface area contributed by atoms with Crippen molar-refractivity contribution in [1.82, 2.24) is 5.32 Å². The summed E-state index contributed by atoms with van der Waals surface area (Å²) in [4.78, 5) is 12.0. The van der Waals surface area contributed by atoms with Crippen molar-refractivity contribution in [3.8, 4) is 0 Å². The first kappa shape index (κ1) is 12.8. The molecule has 1 amide bonds. The molecule has 0 aromatic heterocycles. The smallest absolute Gasteiger partial charge is 0.234 e. The summed E-state index contributed by atoms with van der Waals surface area (Å²) in [5.74, 6) is -0.0602. The molecule has 0 aliphatic heterocycles. The Balaban J connectivity index is 2.64. The van der Waals surface area contributed by atoms with E-state index in [1.807, 2.05) is 6.92 Å². The SMILES string of the molecule is CCCC(C)NC(=O)C1(C(N)=NO)CCC1. The molecule has 16 heavy (non-hydrogen) atoms. The molecule has 92 valence electrons. The Morgan fingerprint density at radius 2 is 2.25 bits per heavy atom. The van der Waals surface area contributed by atoms with Gasteiger partial charge < -0.3 is 16.3 Å². The summed E-state index contributed by atoms with van der Waals surface area (Å²) in [7, 11) is 0. The van der Waals surface area contributed by atoms with Crippen molar-refractivity contribution in [3.63, 3.8) is 0 Å². The maximum atomic E-state index is 12.0. The van der Waals surface area contributed by atoms with E-state index in [2.05, 4.69) is 17.4 Å². The van der Waals surface area contributed by atoms with Crippen LogP contribution in [0.1, 0.15) is 46.0 Å². The van der Waals surface area contributed by atoms with E-state index in [0.717, 1.165) is 19.3 Å². The van der Waals surface area contributed by atoms with Crippen LogP contribution in [0, 0.1) is 5.41 Å². The molecule has 1 fully saturated rings. The third-order valence-electron chi connectivity index (χ3n) is 3.34. The molecule has 1 atom stereocenters. The number of hydrogen-bond donors (Lipinski definition) is 3. The number of rotatable bonds is 5. The molecule has 0 bridgehead atoms. The van der Waals surface area contributed by atoms with Gasteiger partial charge in [0, 0.05) is 6.04 Å². The standard InChI is InChI=1S/C11H21N3O2/c1-3-5-8(2)13-10(15)11(6-4-7-11)9(12)14-16/h8,16H,3-7H2,1-2H3,(H2,12,14)(H,13,15). The molecule has 0 saturated heterocycles. The first-order valence-electron chi connectivity index (χ1n) is 5.85. The molecule has 1 aliphatic rings. The molecule has 0 heterocycles. The van der Waals surface area contributed by atoms with Crippen LogP contribution in [-0.4, -0.2) is 23.0 Å². The van der Waals surface area contributed by atoms with Crippen LogP contribution in [-0.2, 0) is 4.79 Å². The van der Waals surface area contributed by atoms with E-state index < -0.39 is 5.41 Å². The predicted octanol–water partition coefficient (Wildman–Crippen LogP) is 1.21. The van der Waals surface area contributed by atoms with Crippen LogP contribution in [0.5, 0.6) is 0 Å². The molecular formula is C11H21N3O2. The number of carbonyl (C=O) groups excluding carboxylic acids is 1. The number of hydrogen-bond acceptors (Lipinski definition) is 3. The highest BCUT2D eigenvalue weighted by Gasteiger charge is 2.48. The predicted molar refractivity (Wildman–Crippen MR) is 62.2 cm³/mol. The van der Waals surface area contributed by atoms with Crippen LogP contribution in [0.3, 0.4) is 0 Å². The van der Waals surface area contributed by atoms with Gasteiger partial charge in [0.1, 0.15) is 5.41 Å². The Kier molecular flexibility index (Phi) is 4.15. The number of amidine groups is 1. The van der Waals surface area contributed by atoms with E-state index in [0.29, 0.717) is 12.8 Å². The minimum absolute atomic E-state index is 0.0416. The second-order valence-electron chi connectivity index (χ2n) is 4.58. The van der Waals surface area contributed by atoms with Gasteiger partial charge in [-0.3, -0.25) is 4.79 Å². The van der Waals surface area contributed by atoms with Gasteiger partial charge in [-0.15, -0.1) is 0 Å². The molecule has 1 rings (SSSR count). The van der Waals surface area contributed by atoms with Crippen molar-refractivity contribution in [2.24, 2.45) is 16.3 Å². The van der Waals surface area contributed by atoms with Crippen molar-refractivity contribution >= 4 is 11.7 Å². The lowest BCUT2D eigenvalue weighted by molar-refractivity contribution is -0.131. The summed E-state index contributed by atoms with van der Waals surface area (Å²) in [6.45, 7) is 4.05. The van der Waals surface area contributed by atoms with Crippen LogP contribution >= 0.6 is 0 Å². The molecule has 5 heteroatoms. The summed E-state index contributed by atoms with van der Waals surface area (Å²) in [5, 5.41) is 14.6. The van der Waals surface area contributed by atoms with Gasteiger partial charge in [-0.1, -0.05) is 24.9 Å². The molecule has 4 N–H and O–H groups in total. The second-order valence-corrected chi connectivity index (χ2v) is 4.58. The van der Waals surface area contributed by atoms with Crippen molar-refractivity contribution in [2.45, 2.75) is 52.0 Å². The van der Waals surface area contributed by atoms with Gasteiger partial charge in [-0.2, -0.15) is 0 Å². The van der Waals surface area contributed by atoms with Gasteiger partial charge in [0.15, 0.2) is 5.84 Å². The maximum absolute atomic E-state index is 12.0. The molecule has 0 spiro atoms. The van der Waals surface area contributed by atoms with Gasteiger partial charge >= 0.3 is 0 Å². The van der Waals surface area contributed by atoms with Crippen molar-refractivity contribution in [3.05, 3.63) is 0 Å². The molecule has 1 aliphatic carbocycles. The quantitative estimate of drug-likeness (QED) is 0.285. The van der Waals surface area contributed by atoms with Gasteiger partial charge in [0.05, 0.1) is 0 Å². The molecule has 5 nitrogen and oxygen atoms in total. The number of oxime groups is 1.